The van der Waals surface area contributed by atoms with Crippen molar-refractivity contribution in [1.29, 1.82) is 0 Å². The third-order valence-corrected chi connectivity index (χ3v) is 3.87. The van der Waals surface area contributed by atoms with Crippen molar-refractivity contribution in [3.05, 3.63) is 0 Å². The molecule has 4 N–H and O–H groups in total. The molecule has 0 aromatic carbocycles. The topological polar surface area (TPSA) is 67.5 Å². The molecule has 0 spiro atoms. The van der Waals surface area contributed by atoms with Crippen molar-refractivity contribution in [1.82, 2.24) is 5.32 Å². The van der Waals surface area contributed by atoms with E-state index in [4.69, 9.17) is 10.5 Å². The Hall–Kier alpha value is -0.160. The zero-order chi connectivity index (χ0) is 13.9. The fourth-order valence-electron chi connectivity index (χ4n) is 2.52. The second-order valence-electron chi connectivity index (χ2n) is 5.71. The van der Waals surface area contributed by atoms with Gasteiger partial charge in [0.05, 0.1) is 24.9 Å². The summed E-state index contributed by atoms with van der Waals surface area (Å²) in [5.41, 5.74) is 5.69. The van der Waals surface area contributed by atoms with Crippen molar-refractivity contribution in [3.8, 4) is 0 Å². The Morgan fingerprint density at radius 1 is 1.11 bits per heavy atom. The van der Waals surface area contributed by atoms with Crippen molar-refractivity contribution in [2.24, 2.45) is 5.73 Å². The molecule has 0 amide bonds. The molecule has 1 aliphatic heterocycles. The van der Waals surface area contributed by atoms with Crippen LogP contribution < -0.4 is 11.1 Å². The molecule has 4 heteroatoms. The lowest BCUT2D eigenvalue weighted by Crippen LogP contribution is -2.41. The number of nitrogens with one attached hydrogen (secondary N) is 1. The standard InChI is InChI=1S/C15H32N2O2/c1-2-3-4-5-6-7-8-9-10-17-11-14-15(18)13(16)12-19-14/h13-15,17-18H,2-12,16H2,1H3/t13-,14-,15-/m0/s1. The van der Waals surface area contributed by atoms with E-state index in [0.29, 0.717) is 13.2 Å². The third kappa shape index (κ3) is 7.25. The molecule has 1 aliphatic rings. The van der Waals surface area contributed by atoms with E-state index in [0.717, 1.165) is 6.54 Å². The normalized spacial score (nSPS) is 27.0. The summed E-state index contributed by atoms with van der Waals surface area (Å²) in [5.74, 6) is 0. The average Bonchev–Trinajstić information content (AvgIpc) is 2.73. The summed E-state index contributed by atoms with van der Waals surface area (Å²) in [7, 11) is 0. The van der Waals surface area contributed by atoms with Gasteiger partial charge in [-0.2, -0.15) is 0 Å². The molecule has 114 valence electrons. The van der Waals surface area contributed by atoms with Crippen LogP contribution in [-0.4, -0.2) is 43.1 Å². The second kappa shape index (κ2) is 10.6. The summed E-state index contributed by atoms with van der Waals surface area (Å²) in [4.78, 5) is 0. The van der Waals surface area contributed by atoms with Gasteiger partial charge in [-0.05, 0) is 13.0 Å². The van der Waals surface area contributed by atoms with E-state index < -0.39 is 6.10 Å². The lowest BCUT2D eigenvalue weighted by atomic mass is 10.1. The molecule has 1 fully saturated rings. The molecule has 0 aromatic heterocycles. The number of aliphatic hydroxyl groups is 1. The highest BCUT2D eigenvalue weighted by atomic mass is 16.5. The monoisotopic (exact) mass is 272 g/mol. The Morgan fingerprint density at radius 3 is 2.32 bits per heavy atom. The summed E-state index contributed by atoms with van der Waals surface area (Å²) in [6, 6.07) is -0.213. The fourth-order valence-corrected chi connectivity index (χ4v) is 2.52. The molecule has 1 heterocycles. The van der Waals surface area contributed by atoms with E-state index in [1.54, 1.807) is 0 Å². The lowest BCUT2D eigenvalue weighted by molar-refractivity contribution is 0.0419. The lowest BCUT2D eigenvalue weighted by Gasteiger charge is -2.15. The Bertz CT molecular complexity index is 214. The van der Waals surface area contributed by atoms with E-state index in [2.05, 4.69) is 12.2 Å². The number of hydrogen-bond donors (Lipinski definition) is 3. The quantitative estimate of drug-likeness (QED) is 0.502. The average molecular weight is 272 g/mol. The molecule has 1 saturated heterocycles. The van der Waals surface area contributed by atoms with Gasteiger partial charge >= 0.3 is 0 Å². The molecule has 0 aromatic rings. The molecule has 0 saturated carbocycles. The maximum Gasteiger partial charge on any atom is 0.0987 e. The van der Waals surface area contributed by atoms with Crippen molar-refractivity contribution in [2.45, 2.75) is 76.5 Å². The third-order valence-electron chi connectivity index (χ3n) is 3.87. The molecular weight excluding hydrogens is 240 g/mol. The summed E-state index contributed by atoms with van der Waals surface area (Å²) < 4.78 is 5.42. The number of aliphatic hydroxyl groups excluding tert-OH is 1. The van der Waals surface area contributed by atoms with Crippen LogP contribution >= 0.6 is 0 Å². The van der Waals surface area contributed by atoms with E-state index in [1.807, 2.05) is 0 Å². The summed E-state index contributed by atoms with van der Waals surface area (Å²) in [6.45, 7) is 4.46. The smallest absolute Gasteiger partial charge is 0.0987 e. The van der Waals surface area contributed by atoms with Crippen LogP contribution in [0.1, 0.15) is 58.3 Å². The van der Waals surface area contributed by atoms with Gasteiger partial charge in [0, 0.05) is 6.54 Å². The number of rotatable bonds is 11. The molecule has 0 radical (unpaired) electrons. The Kier molecular flexibility index (Phi) is 9.43. The Morgan fingerprint density at radius 2 is 1.74 bits per heavy atom. The van der Waals surface area contributed by atoms with Crippen molar-refractivity contribution in [2.75, 3.05) is 19.7 Å². The second-order valence-corrected chi connectivity index (χ2v) is 5.71. The van der Waals surface area contributed by atoms with Crippen molar-refractivity contribution < 1.29 is 9.84 Å². The molecule has 1 rings (SSSR count). The van der Waals surface area contributed by atoms with Gasteiger partial charge in [0.15, 0.2) is 0 Å². The van der Waals surface area contributed by atoms with Crippen LogP contribution in [0.25, 0.3) is 0 Å². The van der Waals surface area contributed by atoms with Gasteiger partial charge < -0.3 is 20.9 Å². The van der Waals surface area contributed by atoms with Crippen LogP contribution in [0.5, 0.6) is 0 Å². The minimum Gasteiger partial charge on any atom is -0.389 e. The zero-order valence-corrected chi connectivity index (χ0v) is 12.4. The number of ether oxygens (including phenoxy) is 1. The van der Waals surface area contributed by atoms with E-state index in [9.17, 15) is 5.11 Å². The summed E-state index contributed by atoms with van der Waals surface area (Å²) in [5, 5.41) is 13.1. The van der Waals surface area contributed by atoms with Crippen LogP contribution in [-0.2, 0) is 4.74 Å². The molecule has 19 heavy (non-hydrogen) atoms. The van der Waals surface area contributed by atoms with Gasteiger partial charge in [0.25, 0.3) is 0 Å². The predicted octanol–water partition coefficient (Wildman–Crippen LogP) is 1.80. The minimum absolute atomic E-state index is 0.121. The zero-order valence-electron chi connectivity index (χ0n) is 12.4. The van der Waals surface area contributed by atoms with Gasteiger partial charge in [-0.3, -0.25) is 0 Å². The van der Waals surface area contributed by atoms with Gasteiger partial charge in [-0.15, -0.1) is 0 Å². The van der Waals surface area contributed by atoms with Gasteiger partial charge in [-0.25, -0.2) is 0 Å². The van der Waals surface area contributed by atoms with Gasteiger partial charge in [0.1, 0.15) is 0 Å². The summed E-state index contributed by atoms with van der Waals surface area (Å²) in [6.07, 6.45) is 10.1. The van der Waals surface area contributed by atoms with Crippen LogP contribution in [0.3, 0.4) is 0 Å². The minimum atomic E-state index is -0.508. The Labute approximate surface area is 118 Å². The largest absolute Gasteiger partial charge is 0.389 e. The molecular formula is C15H32N2O2. The molecule has 4 nitrogen and oxygen atoms in total. The van der Waals surface area contributed by atoms with Gasteiger partial charge in [-0.1, -0.05) is 51.9 Å². The Balaban J connectivity index is 1.81. The van der Waals surface area contributed by atoms with Crippen LogP contribution in [0, 0.1) is 0 Å². The van der Waals surface area contributed by atoms with Crippen molar-refractivity contribution in [3.63, 3.8) is 0 Å². The first kappa shape index (κ1) is 16.9. The maximum absolute atomic E-state index is 9.71. The first-order valence-electron chi connectivity index (χ1n) is 8.01. The van der Waals surface area contributed by atoms with Crippen LogP contribution in [0.15, 0.2) is 0 Å². The highest BCUT2D eigenvalue weighted by molar-refractivity contribution is 4.87. The molecule has 3 atom stereocenters. The van der Waals surface area contributed by atoms with Crippen LogP contribution in [0.4, 0.5) is 0 Å². The fraction of sp³-hybridized carbons (Fsp3) is 1.00. The first-order valence-corrected chi connectivity index (χ1v) is 8.01. The highest BCUT2D eigenvalue weighted by Crippen LogP contribution is 2.12. The molecule has 0 bridgehead atoms. The van der Waals surface area contributed by atoms with E-state index in [1.165, 1.54) is 51.4 Å². The predicted molar refractivity (Wildman–Crippen MR) is 79.2 cm³/mol. The number of unbranched alkanes of at least 4 members (excludes halogenated alkanes) is 7. The van der Waals surface area contributed by atoms with E-state index >= 15 is 0 Å². The maximum atomic E-state index is 9.71. The number of hydrogen-bond acceptors (Lipinski definition) is 4. The van der Waals surface area contributed by atoms with Gasteiger partial charge in [0.2, 0.25) is 0 Å². The highest BCUT2D eigenvalue weighted by Gasteiger charge is 2.32. The SMILES string of the molecule is CCCCCCCCCCNC[C@@H]1OC[C@H](N)[C@@H]1O. The molecule has 0 unspecified atom stereocenters. The number of nitrogens with two attached hydrogens (primary N) is 1. The first-order chi connectivity index (χ1) is 9.25. The van der Waals surface area contributed by atoms with E-state index in [-0.39, 0.29) is 12.1 Å². The summed E-state index contributed by atoms with van der Waals surface area (Å²) >= 11 is 0. The molecule has 0 aliphatic carbocycles. The van der Waals surface area contributed by atoms with Crippen LogP contribution in [0.2, 0.25) is 0 Å². The van der Waals surface area contributed by atoms with Crippen molar-refractivity contribution >= 4 is 0 Å².